The fourth-order valence-electron chi connectivity index (χ4n) is 3.08. The van der Waals surface area contributed by atoms with E-state index in [2.05, 4.69) is 15.0 Å². The van der Waals surface area contributed by atoms with Crippen LogP contribution in [0, 0.1) is 6.92 Å². The number of para-hydroxylation sites is 2. The molecule has 3 aromatic rings. The zero-order valence-corrected chi connectivity index (χ0v) is 16.7. The van der Waals surface area contributed by atoms with Crippen molar-refractivity contribution in [2.45, 2.75) is 6.92 Å². The van der Waals surface area contributed by atoms with Gasteiger partial charge in [-0.25, -0.2) is 4.31 Å². The zero-order valence-electron chi connectivity index (χ0n) is 15.0. The minimum absolute atomic E-state index is 0.136. The first-order valence-electron chi connectivity index (χ1n) is 8.63. The summed E-state index contributed by atoms with van der Waals surface area (Å²) in [4.78, 5) is 17.0. The summed E-state index contributed by atoms with van der Waals surface area (Å²) in [6.45, 7) is 2.10. The summed E-state index contributed by atoms with van der Waals surface area (Å²) in [7, 11) is -3.63. The van der Waals surface area contributed by atoms with Crippen LogP contribution in [0.25, 0.3) is 11.3 Å². The molecule has 0 fully saturated rings. The van der Waals surface area contributed by atoms with Gasteiger partial charge in [-0.2, -0.15) is 19.8 Å². The Bertz CT molecular complexity index is 1130. The van der Waals surface area contributed by atoms with E-state index in [-0.39, 0.29) is 19.0 Å². The van der Waals surface area contributed by atoms with Crippen molar-refractivity contribution in [1.29, 1.82) is 0 Å². The van der Waals surface area contributed by atoms with Crippen LogP contribution < -0.4 is 14.3 Å². The number of nitrogens with one attached hydrogen (secondary N) is 2. The topological polar surface area (TPSA) is 91.4 Å². The van der Waals surface area contributed by atoms with Gasteiger partial charge in [0.15, 0.2) is 0 Å². The molecule has 0 unspecified atom stereocenters. The number of hydrogen-bond donors (Lipinski definition) is 2. The lowest BCUT2D eigenvalue weighted by Gasteiger charge is -2.17. The third kappa shape index (κ3) is 3.46. The average molecular weight is 415 g/mol. The molecule has 28 heavy (non-hydrogen) atoms. The van der Waals surface area contributed by atoms with Gasteiger partial charge in [0.25, 0.3) is 5.91 Å². The SMILES string of the molecule is Cc1nc(-c2ccsc2)ccc1C(=O)NCCN1c2ccccc2NS1(=O)=O. The van der Waals surface area contributed by atoms with Gasteiger partial charge in [0.2, 0.25) is 0 Å². The molecule has 3 heterocycles. The van der Waals surface area contributed by atoms with E-state index >= 15 is 0 Å². The molecule has 4 rings (SSSR count). The Morgan fingerprint density at radius 2 is 2.04 bits per heavy atom. The largest absolute Gasteiger partial charge is 0.350 e. The first kappa shape index (κ1) is 18.5. The number of rotatable bonds is 5. The summed E-state index contributed by atoms with van der Waals surface area (Å²) in [5.74, 6) is -0.278. The lowest BCUT2D eigenvalue weighted by atomic mass is 10.1. The number of anilines is 2. The standard InChI is InChI=1S/C19H18N4O3S2/c1-13-15(6-7-16(21-13)14-8-11-27-12-14)19(24)20-9-10-23-18-5-3-2-4-17(18)22-28(23,25)26/h2-8,11-12,22H,9-10H2,1H3,(H,20,24). The summed E-state index contributed by atoms with van der Waals surface area (Å²) >= 11 is 1.59. The monoisotopic (exact) mass is 414 g/mol. The Morgan fingerprint density at radius 1 is 1.21 bits per heavy atom. The molecule has 1 aromatic carbocycles. The van der Waals surface area contributed by atoms with Crippen molar-refractivity contribution in [3.63, 3.8) is 0 Å². The van der Waals surface area contributed by atoms with E-state index in [0.717, 1.165) is 11.3 Å². The minimum atomic E-state index is -3.63. The third-order valence-corrected chi connectivity index (χ3v) is 6.57. The van der Waals surface area contributed by atoms with Crippen molar-refractivity contribution >= 4 is 38.8 Å². The van der Waals surface area contributed by atoms with Crippen LogP contribution in [-0.2, 0) is 10.2 Å². The number of aromatic nitrogens is 1. The maximum Gasteiger partial charge on any atom is 0.324 e. The first-order valence-corrected chi connectivity index (χ1v) is 11.0. The highest BCUT2D eigenvalue weighted by Gasteiger charge is 2.31. The number of aryl methyl sites for hydroxylation is 1. The van der Waals surface area contributed by atoms with E-state index in [1.54, 1.807) is 48.6 Å². The number of carbonyl (C=O) groups is 1. The van der Waals surface area contributed by atoms with E-state index in [9.17, 15) is 13.2 Å². The van der Waals surface area contributed by atoms with Gasteiger partial charge < -0.3 is 5.32 Å². The van der Waals surface area contributed by atoms with Crippen molar-refractivity contribution in [2.75, 3.05) is 22.1 Å². The zero-order chi connectivity index (χ0) is 19.7. The van der Waals surface area contributed by atoms with Gasteiger partial charge in [-0.15, -0.1) is 0 Å². The van der Waals surface area contributed by atoms with Crippen LogP contribution in [0.5, 0.6) is 0 Å². The van der Waals surface area contributed by atoms with E-state index in [0.29, 0.717) is 22.6 Å². The van der Waals surface area contributed by atoms with Gasteiger partial charge in [-0.3, -0.25) is 14.5 Å². The molecule has 1 amide bonds. The van der Waals surface area contributed by atoms with Crippen LogP contribution >= 0.6 is 11.3 Å². The number of fused-ring (bicyclic) bond motifs is 1. The number of nitrogens with zero attached hydrogens (tertiary/aromatic N) is 2. The Hall–Kier alpha value is -2.91. The molecule has 0 saturated heterocycles. The van der Waals surface area contributed by atoms with Gasteiger partial charge in [-0.05, 0) is 42.6 Å². The van der Waals surface area contributed by atoms with Crippen LogP contribution in [0.15, 0.2) is 53.2 Å². The molecule has 1 aliphatic rings. The number of carbonyl (C=O) groups excluding carboxylic acids is 1. The summed E-state index contributed by atoms with van der Waals surface area (Å²) in [6.07, 6.45) is 0. The Kier molecular flexibility index (Phi) is 4.78. The highest BCUT2D eigenvalue weighted by Crippen LogP contribution is 2.34. The quantitative estimate of drug-likeness (QED) is 0.671. The molecule has 0 aliphatic carbocycles. The molecular formula is C19H18N4O3S2. The molecule has 7 nitrogen and oxygen atoms in total. The number of amides is 1. The Balaban J connectivity index is 1.43. The molecule has 1 aliphatic heterocycles. The third-order valence-electron chi connectivity index (χ3n) is 4.45. The van der Waals surface area contributed by atoms with Gasteiger partial charge in [0, 0.05) is 17.5 Å². The van der Waals surface area contributed by atoms with Gasteiger partial charge in [-0.1, -0.05) is 12.1 Å². The molecule has 144 valence electrons. The predicted molar refractivity (Wildman–Crippen MR) is 111 cm³/mol. The summed E-state index contributed by atoms with van der Waals surface area (Å²) in [6, 6.07) is 12.5. The summed E-state index contributed by atoms with van der Waals surface area (Å²) < 4.78 is 28.3. The molecule has 2 N–H and O–H groups in total. The van der Waals surface area contributed by atoms with Gasteiger partial charge in [0.05, 0.1) is 34.9 Å². The van der Waals surface area contributed by atoms with E-state index in [1.807, 2.05) is 22.9 Å². The lowest BCUT2D eigenvalue weighted by molar-refractivity contribution is 0.0954. The number of thiophene rings is 1. The maximum absolute atomic E-state index is 12.5. The highest BCUT2D eigenvalue weighted by atomic mass is 32.2. The first-order chi connectivity index (χ1) is 13.5. The van der Waals surface area contributed by atoms with Crippen molar-refractivity contribution in [1.82, 2.24) is 10.3 Å². The van der Waals surface area contributed by atoms with Gasteiger partial charge in [0.1, 0.15) is 0 Å². The highest BCUT2D eigenvalue weighted by molar-refractivity contribution is 7.94. The van der Waals surface area contributed by atoms with Crippen molar-refractivity contribution < 1.29 is 13.2 Å². The smallest absolute Gasteiger partial charge is 0.324 e. The van der Waals surface area contributed by atoms with Crippen LogP contribution in [0.1, 0.15) is 16.1 Å². The van der Waals surface area contributed by atoms with Crippen molar-refractivity contribution in [3.05, 3.63) is 64.5 Å². The number of pyridine rings is 1. The van der Waals surface area contributed by atoms with Crippen LogP contribution in [0.2, 0.25) is 0 Å². The normalized spacial score (nSPS) is 14.4. The lowest BCUT2D eigenvalue weighted by Crippen LogP contribution is -2.38. The fraction of sp³-hybridized carbons (Fsp3) is 0.158. The molecule has 0 radical (unpaired) electrons. The van der Waals surface area contributed by atoms with Crippen molar-refractivity contribution in [3.8, 4) is 11.3 Å². The molecule has 0 bridgehead atoms. The van der Waals surface area contributed by atoms with Crippen LogP contribution in [-0.4, -0.2) is 32.4 Å². The van der Waals surface area contributed by atoms with Crippen molar-refractivity contribution in [2.24, 2.45) is 0 Å². The minimum Gasteiger partial charge on any atom is -0.350 e. The second-order valence-electron chi connectivity index (χ2n) is 6.29. The van der Waals surface area contributed by atoms with Crippen LogP contribution in [0.3, 0.4) is 0 Å². The molecule has 0 atom stereocenters. The molecule has 0 spiro atoms. The summed E-state index contributed by atoms with van der Waals surface area (Å²) in [5.41, 5.74) is 4.06. The molecule has 0 saturated carbocycles. The molecule has 2 aromatic heterocycles. The maximum atomic E-state index is 12.5. The van der Waals surface area contributed by atoms with E-state index in [1.165, 1.54) is 4.31 Å². The second kappa shape index (κ2) is 7.25. The van der Waals surface area contributed by atoms with Gasteiger partial charge >= 0.3 is 10.2 Å². The number of hydrogen-bond acceptors (Lipinski definition) is 5. The summed E-state index contributed by atoms with van der Waals surface area (Å²) in [5, 5.41) is 6.76. The average Bonchev–Trinajstić information content (AvgIpc) is 3.28. The van der Waals surface area contributed by atoms with E-state index in [4.69, 9.17) is 0 Å². The fourth-order valence-corrected chi connectivity index (χ4v) is 5.04. The Labute approximate surface area is 167 Å². The number of benzene rings is 1. The predicted octanol–water partition coefficient (Wildman–Crippen LogP) is 3.03. The van der Waals surface area contributed by atoms with Crippen LogP contribution in [0.4, 0.5) is 11.4 Å². The molecule has 9 heteroatoms. The molecular weight excluding hydrogens is 396 g/mol. The Morgan fingerprint density at radius 3 is 2.79 bits per heavy atom. The van der Waals surface area contributed by atoms with E-state index < -0.39 is 10.2 Å². The second-order valence-corrected chi connectivity index (χ2v) is 8.67.